The summed E-state index contributed by atoms with van der Waals surface area (Å²) in [7, 11) is 0. The summed E-state index contributed by atoms with van der Waals surface area (Å²) < 4.78 is 1.90. The van der Waals surface area contributed by atoms with Crippen LogP contribution in [0.15, 0.2) is 35.1 Å². The van der Waals surface area contributed by atoms with E-state index in [2.05, 4.69) is 25.8 Å². The molecule has 0 amide bonds. The van der Waals surface area contributed by atoms with Crippen LogP contribution < -0.4 is 5.56 Å². The summed E-state index contributed by atoms with van der Waals surface area (Å²) in [6, 6.07) is 7.96. The maximum Gasteiger partial charge on any atom is 0.269 e. The Hall–Kier alpha value is -2.96. The van der Waals surface area contributed by atoms with Crippen molar-refractivity contribution in [3.05, 3.63) is 56.5 Å². The molecule has 1 aliphatic rings. The number of non-ortho nitro benzene ring substituents is 1. The topological polar surface area (TPSA) is 93.8 Å². The lowest BCUT2D eigenvalue weighted by molar-refractivity contribution is -0.384. The molecule has 0 unspecified atom stereocenters. The quantitative estimate of drug-likeness (QED) is 0.552. The molecule has 7 nitrogen and oxygen atoms in total. The van der Waals surface area contributed by atoms with Crippen molar-refractivity contribution in [2.45, 2.75) is 51.5 Å². The number of aromatic amines is 1. The zero-order valence-corrected chi connectivity index (χ0v) is 15.7. The maximum absolute atomic E-state index is 12.8. The molecule has 2 aromatic heterocycles. The average Bonchev–Trinajstić information content (AvgIpc) is 2.91. The molecule has 1 aromatic carbocycles. The van der Waals surface area contributed by atoms with Crippen LogP contribution in [0.25, 0.3) is 22.2 Å². The Bertz CT molecular complexity index is 1080. The molecule has 1 saturated carbocycles. The van der Waals surface area contributed by atoms with Crippen LogP contribution in [-0.4, -0.2) is 19.7 Å². The minimum Gasteiger partial charge on any atom is -0.306 e. The Labute approximate surface area is 156 Å². The molecule has 1 N–H and O–H groups in total. The number of fused-ring (bicyclic) bond motifs is 1. The zero-order chi connectivity index (χ0) is 19.3. The molecule has 1 fully saturated rings. The summed E-state index contributed by atoms with van der Waals surface area (Å²) in [5.41, 5.74) is 2.47. The van der Waals surface area contributed by atoms with Gasteiger partial charge in [-0.2, -0.15) is 5.10 Å². The number of pyridine rings is 1. The second-order valence-corrected chi connectivity index (χ2v) is 8.17. The van der Waals surface area contributed by atoms with E-state index in [1.165, 1.54) is 18.6 Å². The fraction of sp³-hybridized carbons (Fsp3) is 0.400. The van der Waals surface area contributed by atoms with E-state index in [9.17, 15) is 14.9 Å². The highest BCUT2D eigenvalue weighted by atomic mass is 16.6. The van der Waals surface area contributed by atoms with Gasteiger partial charge in [0.05, 0.1) is 16.2 Å². The number of aromatic nitrogens is 3. The van der Waals surface area contributed by atoms with Crippen molar-refractivity contribution in [3.8, 4) is 11.1 Å². The third-order valence-corrected chi connectivity index (χ3v) is 5.23. The fourth-order valence-electron chi connectivity index (χ4n) is 3.54. The summed E-state index contributed by atoms with van der Waals surface area (Å²) in [4.78, 5) is 26.2. The molecule has 0 aliphatic heterocycles. The molecule has 4 rings (SSSR count). The van der Waals surface area contributed by atoms with E-state index < -0.39 is 4.92 Å². The fourth-order valence-corrected chi connectivity index (χ4v) is 3.54. The van der Waals surface area contributed by atoms with Crippen LogP contribution in [0.4, 0.5) is 5.69 Å². The molecule has 0 saturated heterocycles. The highest BCUT2D eigenvalue weighted by molar-refractivity contribution is 5.84. The molecule has 3 aromatic rings. The molecule has 27 heavy (non-hydrogen) atoms. The Morgan fingerprint density at radius 3 is 2.41 bits per heavy atom. The van der Waals surface area contributed by atoms with Gasteiger partial charge in [-0.05, 0) is 57.4 Å². The number of rotatable bonds is 3. The van der Waals surface area contributed by atoms with E-state index in [-0.39, 0.29) is 16.8 Å². The Morgan fingerprint density at radius 2 is 1.89 bits per heavy atom. The van der Waals surface area contributed by atoms with Gasteiger partial charge in [-0.3, -0.25) is 14.9 Å². The number of nitrogens with one attached hydrogen (secondary N) is 1. The lowest BCUT2D eigenvalue weighted by atomic mass is 9.82. The molecular formula is C20H22N4O3. The number of nitro groups is 1. The number of benzene rings is 1. The second kappa shape index (κ2) is 6.04. The van der Waals surface area contributed by atoms with Crippen LogP contribution in [0.3, 0.4) is 0 Å². The molecule has 2 heterocycles. The van der Waals surface area contributed by atoms with E-state index in [0.29, 0.717) is 17.0 Å². The summed E-state index contributed by atoms with van der Waals surface area (Å²) in [6.07, 6.45) is 3.43. The molecule has 0 atom stereocenters. The lowest BCUT2D eigenvalue weighted by Gasteiger charge is -2.24. The Balaban J connectivity index is 1.91. The van der Waals surface area contributed by atoms with Gasteiger partial charge in [0.2, 0.25) is 0 Å². The van der Waals surface area contributed by atoms with E-state index in [4.69, 9.17) is 5.10 Å². The van der Waals surface area contributed by atoms with Crippen LogP contribution >= 0.6 is 0 Å². The summed E-state index contributed by atoms with van der Waals surface area (Å²) in [6.45, 7) is 6.19. The van der Waals surface area contributed by atoms with Crippen molar-refractivity contribution >= 4 is 16.7 Å². The smallest absolute Gasteiger partial charge is 0.269 e. The maximum atomic E-state index is 12.8. The van der Waals surface area contributed by atoms with Gasteiger partial charge in [0, 0.05) is 29.0 Å². The number of nitrogens with zero attached hydrogens (tertiary/aromatic N) is 3. The molecular weight excluding hydrogens is 344 g/mol. The molecule has 0 bridgehead atoms. The van der Waals surface area contributed by atoms with Gasteiger partial charge in [-0.1, -0.05) is 6.42 Å². The van der Waals surface area contributed by atoms with Crippen LogP contribution in [0, 0.1) is 10.1 Å². The minimum atomic E-state index is -0.445. The van der Waals surface area contributed by atoms with Crippen LogP contribution in [0.5, 0.6) is 0 Å². The summed E-state index contributed by atoms with van der Waals surface area (Å²) in [5.74, 6) is 0.423. The molecule has 0 spiro atoms. The van der Waals surface area contributed by atoms with Gasteiger partial charge in [0.1, 0.15) is 5.65 Å². The minimum absolute atomic E-state index is 0.00645. The largest absolute Gasteiger partial charge is 0.306 e. The van der Waals surface area contributed by atoms with Crippen LogP contribution in [0.1, 0.15) is 51.6 Å². The number of hydrogen-bond acceptors (Lipinski definition) is 4. The third-order valence-electron chi connectivity index (χ3n) is 5.23. The SMILES string of the molecule is CC(C)(C)n1nc(C2CCC2)c2cc(-c3ccc([N+](=O)[O-])cc3)c(=O)[nH]c21. The van der Waals surface area contributed by atoms with Crippen molar-refractivity contribution in [1.82, 2.24) is 14.8 Å². The second-order valence-electron chi connectivity index (χ2n) is 8.17. The van der Waals surface area contributed by atoms with Gasteiger partial charge in [-0.15, -0.1) is 0 Å². The predicted molar refractivity (Wildman–Crippen MR) is 104 cm³/mol. The van der Waals surface area contributed by atoms with E-state index in [1.54, 1.807) is 12.1 Å². The van der Waals surface area contributed by atoms with Gasteiger partial charge < -0.3 is 4.98 Å². The first-order valence-electron chi connectivity index (χ1n) is 9.17. The molecule has 140 valence electrons. The Morgan fingerprint density at radius 1 is 1.22 bits per heavy atom. The van der Waals surface area contributed by atoms with Crippen LogP contribution in [0.2, 0.25) is 0 Å². The number of hydrogen-bond donors (Lipinski definition) is 1. The first-order valence-corrected chi connectivity index (χ1v) is 9.17. The standard InChI is InChI=1S/C20H22N4O3/c1-20(2,3)23-18-16(17(22-23)13-5-4-6-13)11-15(19(25)21-18)12-7-9-14(10-8-12)24(26)27/h7-11,13H,4-6H2,1-3H3,(H,21,25). The zero-order valence-electron chi connectivity index (χ0n) is 15.7. The molecule has 1 aliphatic carbocycles. The average molecular weight is 366 g/mol. The summed E-state index contributed by atoms with van der Waals surface area (Å²) >= 11 is 0. The first kappa shape index (κ1) is 17.5. The van der Waals surface area contributed by atoms with Crippen molar-refractivity contribution in [1.29, 1.82) is 0 Å². The van der Waals surface area contributed by atoms with Crippen molar-refractivity contribution < 1.29 is 4.92 Å². The lowest BCUT2D eigenvalue weighted by Crippen LogP contribution is -2.25. The van der Waals surface area contributed by atoms with Crippen molar-refractivity contribution in [3.63, 3.8) is 0 Å². The van der Waals surface area contributed by atoms with Gasteiger partial charge >= 0.3 is 0 Å². The van der Waals surface area contributed by atoms with E-state index in [0.717, 1.165) is 29.6 Å². The highest BCUT2D eigenvalue weighted by Gasteiger charge is 2.29. The molecule has 0 radical (unpaired) electrons. The molecule has 7 heteroatoms. The van der Waals surface area contributed by atoms with E-state index in [1.807, 2.05) is 10.7 Å². The third kappa shape index (κ3) is 2.93. The van der Waals surface area contributed by atoms with Crippen molar-refractivity contribution in [2.24, 2.45) is 0 Å². The predicted octanol–water partition coefficient (Wildman–Crippen LogP) is 4.32. The number of H-pyrrole nitrogens is 1. The highest BCUT2D eigenvalue weighted by Crippen LogP contribution is 2.40. The van der Waals surface area contributed by atoms with Gasteiger partial charge in [0.15, 0.2) is 0 Å². The normalized spacial score (nSPS) is 15.1. The first-order chi connectivity index (χ1) is 12.8. The van der Waals surface area contributed by atoms with Crippen LogP contribution in [-0.2, 0) is 5.54 Å². The van der Waals surface area contributed by atoms with Gasteiger partial charge in [-0.25, -0.2) is 4.68 Å². The van der Waals surface area contributed by atoms with Gasteiger partial charge in [0.25, 0.3) is 11.2 Å². The van der Waals surface area contributed by atoms with E-state index >= 15 is 0 Å². The van der Waals surface area contributed by atoms with Crippen molar-refractivity contribution in [2.75, 3.05) is 0 Å². The summed E-state index contributed by atoms with van der Waals surface area (Å²) in [5, 5.41) is 16.7. The monoisotopic (exact) mass is 366 g/mol. The Kier molecular flexibility index (Phi) is 3.91. The number of nitro benzene ring substituents is 1.